The third kappa shape index (κ3) is 1.81. The summed E-state index contributed by atoms with van der Waals surface area (Å²) in [7, 11) is 0. The lowest BCUT2D eigenvalue weighted by atomic mass is 9.72. The predicted molar refractivity (Wildman–Crippen MR) is 66.9 cm³/mol. The molecule has 0 aromatic heterocycles. The van der Waals surface area contributed by atoms with Gasteiger partial charge in [0.15, 0.2) is 0 Å². The first-order valence-electron chi connectivity index (χ1n) is 5.93. The molecule has 0 saturated carbocycles. The SMILES string of the molecule is CCC1(c2ccc(O)c(N)c2)CCC(=O)NC1=O. The molecule has 5 nitrogen and oxygen atoms in total. The number of hydrogen-bond donors (Lipinski definition) is 3. The molecule has 1 saturated heterocycles. The molecule has 96 valence electrons. The predicted octanol–water partition coefficient (Wildman–Crippen LogP) is 1.06. The highest BCUT2D eigenvalue weighted by Gasteiger charge is 2.42. The lowest BCUT2D eigenvalue weighted by molar-refractivity contribution is -0.138. The number of hydrogen-bond acceptors (Lipinski definition) is 4. The molecule has 1 fully saturated rings. The summed E-state index contributed by atoms with van der Waals surface area (Å²) in [5.74, 6) is -0.528. The lowest BCUT2D eigenvalue weighted by Gasteiger charge is -2.35. The number of aromatic hydroxyl groups is 1. The molecular weight excluding hydrogens is 232 g/mol. The highest BCUT2D eigenvalue weighted by Crippen LogP contribution is 2.38. The zero-order valence-electron chi connectivity index (χ0n) is 10.2. The normalized spacial score (nSPS) is 23.8. The van der Waals surface area contributed by atoms with E-state index < -0.39 is 5.41 Å². The van der Waals surface area contributed by atoms with E-state index >= 15 is 0 Å². The molecule has 1 atom stereocenters. The van der Waals surface area contributed by atoms with Crippen LogP contribution in [0.3, 0.4) is 0 Å². The number of phenols is 1. The maximum Gasteiger partial charge on any atom is 0.237 e. The number of nitrogens with two attached hydrogens (primary N) is 1. The van der Waals surface area contributed by atoms with Gasteiger partial charge in [0.25, 0.3) is 0 Å². The van der Waals surface area contributed by atoms with Crippen molar-refractivity contribution in [3.63, 3.8) is 0 Å². The number of amides is 2. The van der Waals surface area contributed by atoms with Gasteiger partial charge >= 0.3 is 0 Å². The molecule has 2 rings (SSSR count). The van der Waals surface area contributed by atoms with Crippen molar-refractivity contribution in [3.8, 4) is 5.75 Å². The van der Waals surface area contributed by atoms with Crippen molar-refractivity contribution in [2.45, 2.75) is 31.6 Å². The Kier molecular flexibility index (Phi) is 2.98. The van der Waals surface area contributed by atoms with Crippen LogP contribution in [0.5, 0.6) is 5.75 Å². The number of nitrogen functional groups attached to an aromatic ring is 1. The summed E-state index contributed by atoms with van der Waals surface area (Å²) in [6, 6.07) is 4.77. The average Bonchev–Trinajstić information content (AvgIpc) is 2.34. The van der Waals surface area contributed by atoms with Crippen LogP contribution in [0.1, 0.15) is 31.7 Å². The molecule has 1 unspecified atom stereocenters. The fourth-order valence-electron chi connectivity index (χ4n) is 2.42. The van der Waals surface area contributed by atoms with Crippen LogP contribution < -0.4 is 11.1 Å². The van der Waals surface area contributed by atoms with E-state index in [1.165, 1.54) is 6.07 Å². The Bertz CT molecular complexity index is 513. The van der Waals surface area contributed by atoms with E-state index in [1.54, 1.807) is 12.1 Å². The highest BCUT2D eigenvalue weighted by molar-refractivity contribution is 6.03. The Morgan fingerprint density at radius 2 is 2.17 bits per heavy atom. The Balaban J connectivity index is 2.46. The fourth-order valence-corrected chi connectivity index (χ4v) is 2.42. The summed E-state index contributed by atoms with van der Waals surface area (Å²) in [5, 5.41) is 11.8. The molecule has 0 spiro atoms. The standard InChI is InChI=1S/C13H16N2O3/c1-2-13(6-5-11(17)15-12(13)18)8-3-4-10(16)9(14)7-8/h3-4,7,16H,2,5-6,14H2,1H3,(H,15,17,18). The van der Waals surface area contributed by atoms with Gasteiger partial charge in [-0.25, -0.2) is 0 Å². The molecule has 1 heterocycles. The van der Waals surface area contributed by atoms with Crippen LogP contribution >= 0.6 is 0 Å². The lowest BCUT2D eigenvalue weighted by Crippen LogP contribution is -2.51. The minimum absolute atomic E-state index is 0.00250. The summed E-state index contributed by atoms with van der Waals surface area (Å²) < 4.78 is 0. The summed E-state index contributed by atoms with van der Waals surface area (Å²) >= 11 is 0. The molecule has 4 N–H and O–H groups in total. The number of benzene rings is 1. The second-order valence-corrected chi connectivity index (χ2v) is 4.59. The summed E-state index contributed by atoms with van der Waals surface area (Å²) in [4.78, 5) is 23.4. The van der Waals surface area contributed by atoms with Gasteiger partial charge in [-0.1, -0.05) is 13.0 Å². The van der Waals surface area contributed by atoms with E-state index in [9.17, 15) is 14.7 Å². The number of carbonyl (C=O) groups is 2. The third-order valence-corrected chi connectivity index (χ3v) is 3.65. The largest absolute Gasteiger partial charge is 0.506 e. The van der Waals surface area contributed by atoms with Crippen molar-refractivity contribution >= 4 is 17.5 Å². The Hall–Kier alpha value is -2.04. The van der Waals surface area contributed by atoms with Gasteiger partial charge in [0.05, 0.1) is 11.1 Å². The number of rotatable bonds is 2. The second kappa shape index (κ2) is 4.33. The summed E-state index contributed by atoms with van der Waals surface area (Å²) in [6.45, 7) is 1.90. The van der Waals surface area contributed by atoms with Gasteiger partial charge in [-0.15, -0.1) is 0 Å². The molecule has 5 heteroatoms. The van der Waals surface area contributed by atoms with Crippen LogP contribution in [0.2, 0.25) is 0 Å². The van der Waals surface area contributed by atoms with Crippen molar-refractivity contribution in [1.29, 1.82) is 0 Å². The van der Waals surface area contributed by atoms with E-state index in [0.717, 1.165) is 5.56 Å². The minimum atomic E-state index is -0.726. The molecule has 0 radical (unpaired) electrons. The van der Waals surface area contributed by atoms with Crippen LogP contribution in [-0.2, 0) is 15.0 Å². The van der Waals surface area contributed by atoms with Gasteiger partial charge in [-0.05, 0) is 30.5 Å². The van der Waals surface area contributed by atoms with Crippen molar-refractivity contribution in [1.82, 2.24) is 5.32 Å². The minimum Gasteiger partial charge on any atom is -0.506 e. The van der Waals surface area contributed by atoms with Crippen LogP contribution in [0.4, 0.5) is 5.69 Å². The molecule has 0 aliphatic carbocycles. The Labute approximate surface area is 105 Å². The number of piperidine rings is 1. The zero-order chi connectivity index (χ0) is 13.3. The van der Waals surface area contributed by atoms with E-state index in [4.69, 9.17) is 5.73 Å². The summed E-state index contributed by atoms with van der Waals surface area (Å²) in [6.07, 6.45) is 1.37. The summed E-state index contributed by atoms with van der Waals surface area (Å²) in [5.41, 5.74) is 5.92. The maximum atomic E-state index is 12.1. The number of nitrogens with one attached hydrogen (secondary N) is 1. The third-order valence-electron chi connectivity index (χ3n) is 3.65. The van der Waals surface area contributed by atoms with Gasteiger partial charge in [-0.2, -0.15) is 0 Å². The van der Waals surface area contributed by atoms with E-state index in [-0.39, 0.29) is 23.3 Å². The smallest absolute Gasteiger partial charge is 0.237 e. The van der Waals surface area contributed by atoms with Gasteiger partial charge in [0.2, 0.25) is 11.8 Å². The average molecular weight is 248 g/mol. The van der Waals surface area contributed by atoms with Crippen LogP contribution in [-0.4, -0.2) is 16.9 Å². The number of phenolic OH excluding ortho intramolecular Hbond substituents is 1. The van der Waals surface area contributed by atoms with E-state index in [0.29, 0.717) is 19.3 Å². The first-order valence-corrected chi connectivity index (χ1v) is 5.93. The highest BCUT2D eigenvalue weighted by atomic mass is 16.3. The molecule has 1 aromatic carbocycles. The van der Waals surface area contributed by atoms with Crippen LogP contribution in [0.25, 0.3) is 0 Å². The molecule has 1 aliphatic heterocycles. The fraction of sp³-hybridized carbons (Fsp3) is 0.385. The molecule has 2 amide bonds. The van der Waals surface area contributed by atoms with Crippen LogP contribution in [0.15, 0.2) is 18.2 Å². The van der Waals surface area contributed by atoms with Gasteiger partial charge in [0.1, 0.15) is 5.75 Å². The molecule has 18 heavy (non-hydrogen) atoms. The van der Waals surface area contributed by atoms with Crippen molar-refractivity contribution in [2.75, 3.05) is 5.73 Å². The van der Waals surface area contributed by atoms with Gasteiger partial charge in [-0.3, -0.25) is 14.9 Å². The first kappa shape index (κ1) is 12.4. The maximum absolute atomic E-state index is 12.1. The molecule has 1 aromatic rings. The second-order valence-electron chi connectivity index (χ2n) is 4.59. The first-order chi connectivity index (χ1) is 8.49. The van der Waals surface area contributed by atoms with E-state index in [2.05, 4.69) is 5.32 Å². The van der Waals surface area contributed by atoms with Crippen molar-refractivity contribution in [3.05, 3.63) is 23.8 Å². The molecule has 1 aliphatic rings. The number of imide groups is 1. The van der Waals surface area contributed by atoms with Crippen LogP contribution in [0, 0.1) is 0 Å². The quantitative estimate of drug-likeness (QED) is 0.414. The van der Waals surface area contributed by atoms with Crippen molar-refractivity contribution < 1.29 is 14.7 Å². The zero-order valence-corrected chi connectivity index (χ0v) is 10.2. The topological polar surface area (TPSA) is 92.4 Å². The van der Waals surface area contributed by atoms with E-state index in [1.807, 2.05) is 6.92 Å². The Morgan fingerprint density at radius 1 is 1.44 bits per heavy atom. The number of anilines is 1. The Morgan fingerprint density at radius 3 is 2.72 bits per heavy atom. The number of carbonyl (C=O) groups excluding carboxylic acids is 2. The van der Waals surface area contributed by atoms with Crippen molar-refractivity contribution in [2.24, 2.45) is 0 Å². The molecule has 0 bridgehead atoms. The van der Waals surface area contributed by atoms with Gasteiger partial charge in [0, 0.05) is 6.42 Å². The monoisotopic (exact) mass is 248 g/mol. The van der Waals surface area contributed by atoms with Gasteiger partial charge < -0.3 is 10.8 Å². The molecular formula is C13H16N2O3.